The quantitative estimate of drug-likeness (QED) is 0.592. The first-order valence-electron chi connectivity index (χ1n) is 10.3. The zero-order valence-electron chi connectivity index (χ0n) is 16.4. The van der Waals surface area contributed by atoms with Crippen molar-refractivity contribution in [3.63, 3.8) is 0 Å². The molecule has 0 bridgehead atoms. The van der Waals surface area contributed by atoms with Crippen molar-refractivity contribution >= 4 is 17.6 Å². The molecule has 1 saturated carbocycles. The largest absolute Gasteiger partial charge is 0.354 e. The van der Waals surface area contributed by atoms with Crippen LogP contribution in [-0.2, 0) is 9.59 Å². The molecule has 2 saturated heterocycles. The van der Waals surface area contributed by atoms with E-state index in [4.69, 9.17) is 0 Å². The van der Waals surface area contributed by atoms with E-state index in [1.165, 1.54) is 4.90 Å². The van der Waals surface area contributed by atoms with E-state index in [1.807, 2.05) is 24.4 Å². The van der Waals surface area contributed by atoms with Gasteiger partial charge in [-0.1, -0.05) is 30.7 Å². The summed E-state index contributed by atoms with van der Waals surface area (Å²) >= 11 is 0. The third kappa shape index (κ3) is 4.20. The standard InChI is InChI=1S/C22H28N4O2/c27-20-17-22(8-2-3-9-22)18-21(28)26(20)12-6-5-11-24-13-15-25(16-14-24)19-7-1-4-10-23-19/h1,4,7,10H,2-3,8-9,11-18H2. The van der Waals surface area contributed by atoms with Gasteiger partial charge in [0.1, 0.15) is 5.82 Å². The molecule has 0 atom stereocenters. The van der Waals surface area contributed by atoms with E-state index < -0.39 is 0 Å². The third-order valence-electron chi connectivity index (χ3n) is 6.33. The summed E-state index contributed by atoms with van der Waals surface area (Å²) in [5.74, 6) is 7.17. The predicted octanol–water partition coefficient (Wildman–Crippen LogP) is 1.92. The van der Waals surface area contributed by atoms with Crippen LogP contribution in [0.3, 0.4) is 0 Å². The second-order valence-corrected chi connectivity index (χ2v) is 8.24. The van der Waals surface area contributed by atoms with Crippen molar-refractivity contribution < 1.29 is 9.59 Å². The summed E-state index contributed by atoms with van der Waals surface area (Å²) in [6.45, 7) is 4.66. The highest BCUT2D eigenvalue weighted by molar-refractivity contribution is 5.98. The minimum absolute atomic E-state index is 0.0311. The molecule has 3 fully saturated rings. The number of likely N-dealkylation sites (tertiary alicyclic amines) is 1. The fourth-order valence-corrected chi connectivity index (χ4v) is 4.67. The fraction of sp³-hybridized carbons (Fsp3) is 0.591. The van der Waals surface area contributed by atoms with Crippen LogP contribution in [0.4, 0.5) is 5.82 Å². The van der Waals surface area contributed by atoms with Crippen molar-refractivity contribution in [3.05, 3.63) is 24.4 Å². The van der Waals surface area contributed by atoms with Crippen LogP contribution in [0.5, 0.6) is 0 Å². The molecule has 1 aromatic rings. The summed E-state index contributed by atoms with van der Waals surface area (Å²) in [4.78, 5) is 35.3. The van der Waals surface area contributed by atoms with Crippen molar-refractivity contribution in [1.82, 2.24) is 14.8 Å². The molecule has 28 heavy (non-hydrogen) atoms. The molecule has 2 aliphatic heterocycles. The second kappa shape index (κ2) is 8.32. The first kappa shape index (κ1) is 18.9. The van der Waals surface area contributed by atoms with Crippen molar-refractivity contribution in [1.29, 1.82) is 0 Å². The molecule has 0 radical (unpaired) electrons. The van der Waals surface area contributed by atoms with Gasteiger partial charge in [0.25, 0.3) is 0 Å². The average Bonchev–Trinajstić information content (AvgIpc) is 3.15. The topological polar surface area (TPSA) is 56.8 Å². The summed E-state index contributed by atoms with van der Waals surface area (Å²) in [7, 11) is 0. The number of hydrogen-bond donors (Lipinski definition) is 0. The van der Waals surface area contributed by atoms with E-state index in [9.17, 15) is 9.59 Å². The minimum atomic E-state index is -0.0363. The Morgan fingerprint density at radius 2 is 1.61 bits per heavy atom. The number of amides is 2. The lowest BCUT2D eigenvalue weighted by atomic mass is 9.76. The van der Waals surface area contributed by atoms with Crippen molar-refractivity contribution in [3.8, 4) is 11.8 Å². The molecular formula is C22H28N4O2. The van der Waals surface area contributed by atoms with E-state index in [0.717, 1.165) is 57.7 Å². The van der Waals surface area contributed by atoms with Gasteiger partial charge in [-0.05, 0) is 30.4 Å². The lowest BCUT2D eigenvalue weighted by Gasteiger charge is -2.36. The number of nitrogens with zero attached hydrogens (tertiary/aromatic N) is 4. The molecule has 0 aromatic carbocycles. The maximum absolute atomic E-state index is 12.4. The normalized spacial score (nSPS) is 22.4. The number of piperidine rings is 1. The Bertz CT molecular complexity index is 749. The number of pyridine rings is 1. The van der Waals surface area contributed by atoms with Gasteiger partial charge in [-0.15, -0.1) is 0 Å². The van der Waals surface area contributed by atoms with Crippen LogP contribution in [-0.4, -0.2) is 65.9 Å². The van der Waals surface area contributed by atoms with E-state index in [2.05, 4.69) is 26.6 Å². The first-order chi connectivity index (χ1) is 13.7. The number of piperazine rings is 1. The van der Waals surface area contributed by atoms with Gasteiger partial charge >= 0.3 is 0 Å². The summed E-state index contributed by atoms with van der Waals surface area (Å²) in [5, 5.41) is 0. The van der Waals surface area contributed by atoms with Crippen molar-refractivity contribution in [2.45, 2.75) is 38.5 Å². The van der Waals surface area contributed by atoms with Gasteiger partial charge in [-0.3, -0.25) is 19.4 Å². The number of imide groups is 1. The van der Waals surface area contributed by atoms with Crippen LogP contribution in [0.2, 0.25) is 0 Å². The predicted molar refractivity (Wildman–Crippen MR) is 108 cm³/mol. The highest BCUT2D eigenvalue weighted by Crippen LogP contribution is 2.46. The van der Waals surface area contributed by atoms with Gasteiger partial charge in [0.15, 0.2) is 0 Å². The summed E-state index contributed by atoms with van der Waals surface area (Å²) in [5.41, 5.74) is -0.0363. The molecule has 4 rings (SSSR count). The maximum atomic E-state index is 12.4. The zero-order chi connectivity index (χ0) is 19.4. The molecule has 1 spiro atoms. The Morgan fingerprint density at radius 3 is 2.25 bits per heavy atom. The van der Waals surface area contributed by atoms with E-state index in [-0.39, 0.29) is 23.8 Å². The molecule has 3 aliphatic rings. The van der Waals surface area contributed by atoms with Crippen molar-refractivity contribution in [2.24, 2.45) is 5.41 Å². The number of carbonyl (C=O) groups is 2. The minimum Gasteiger partial charge on any atom is -0.354 e. The monoisotopic (exact) mass is 380 g/mol. The lowest BCUT2D eigenvalue weighted by Crippen LogP contribution is -2.47. The fourth-order valence-electron chi connectivity index (χ4n) is 4.67. The Kier molecular flexibility index (Phi) is 5.63. The van der Waals surface area contributed by atoms with Gasteiger partial charge in [0.2, 0.25) is 11.8 Å². The van der Waals surface area contributed by atoms with Gasteiger partial charge in [0.05, 0.1) is 13.1 Å². The van der Waals surface area contributed by atoms with E-state index in [0.29, 0.717) is 19.4 Å². The number of rotatable bonds is 3. The van der Waals surface area contributed by atoms with Gasteiger partial charge in [0, 0.05) is 45.2 Å². The van der Waals surface area contributed by atoms with Crippen molar-refractivity contribution in [2.75, 3.05) is 44.2 Å². The van der Waals surface area contributed by atoms with Crippen LogP contribution < -0.4 is 4.90 Å². The van der Waals surface area contributed by atoms with Crippen LogP contribution in [0.1, 0.15) is 38.5 Å². The number of anilines is 1. The average molecular weight is 380 g/mol. The summed E-state index contributed by atoms with van der Waals surface area (Å²) < 4.78 is 0. The highest BCUT2D eigenvalue weighted by atomic mass is 16.2. The summed E-state index contributed by atoms with van der Waals surface area (Å²) in [6, 6.07) is 5.98. The Hall–Kier alpha value is -2.39. The molecule has 148 valence electrons. The lowest BCUT2D eigenvalue weighted by molar-refractivity contribution is -0.152. The van der Waals surface area contributed by atoms with Crippen LogP contribution in [0.25, 0.3) is 0 Å². The SMILES string of the molecule is O=C1CC2(CCCC2)CC(=O)N1CC#CCN1CCN(c2ccccn2)CC1. The maximum Gasteiger partial charge on any atom is 0.230 e. The molecule has 3 heterocycles. The molecule has 6 nitrogen and oxygen atoms in total. The molecule has 1 aliphatic carbocycles. The molecule has 1 aromatic heterocycles. The van der Waals surface area contributed by atoms with E-state index in [1.54, 1.807) is 0 Å². The molecular weight excluding hydrogens is 352 g/mol. The Morgan fingerprint density at radius 1 is 0.929 bits per heavy atom. The van der Waals surface area contributed by atoms with Crippen LogP contribution >= 0.6 is 0 Å². The van der Waals surface area contributed by atoms with Gasteiger partial charge < -0.3 is 4.90 Å². The highest BCUT2D eigenvalue weighted by Gasteiger charge is 2.44. The Labute approximate surface area is 166 Å². The van der Waals surface area contributed by atoms with E-state index >= 15 is 0 Å². The molecule has 0 unspecified atom stereocenters. The first-order valence-corrected chi connectivity index (χ1v) is 10.3. The van der Waals surface area contributed by atoms with Crippen LogP contribution in [0, 0.1) is 17.3 Å². The zero-order valence-corrected chi connectivity index (χ0v) is 16.4. The molecule has 2 amide bonds. The molecule has 0 N–H and O–H groups in total. The smallest absolute Gasteiger partial charge is 0.230 e. The van der Waals surface area contributed by atoms with Gasteiger partial charge in [-0.25, -0.2) is 4.98 Å². The molecule has 6 heteroatoms. The van der Waals surface area contributed by atoms with Crippen LogP contribution in [0.15, 0.2) is 24.4 Å². The number of aromatic nitrogens is 1. The number of hydrogen-bond acceptors (Lipinski definition) is 5. The third-order valence-corrected chi connectivity index (χ3v) is 6.33. The number of carbonyl (C=O) groups excluding carboxylic acids is 2. The second-order valence-electron chi connectivity index (χ2n) is 8.24. The summed E-state index contributed by atoms with van der Waals surface area (Å²) in [6.07, 6.45) is 7.21. The van der Waals surface area contributed by atoms with Gasteiger partial charge in [-0.2, -0.15) is 0 Å². The Balaban J connectivity index is 1.23.